The Morgan fingerprint density at radius 1 is 1.00 bits per heavy atom. The standard InChI is InChI=1S/C33H56O4/c1-22-20-28(3,4)15-17-33(22,21-27(36)37)18-16-29(5,6)32(10)14-11-24-30(7,8)26(35)12-13-31(24,9)25(32)19-23(2)34/h22,24-25H,11-21H2,1-10H3,(H,36,37)/t22?,24-,25+,31-,32+,33+/m0/s1. The highest BCUT2D eigenvalue weighted by atomic mass is 16.4. The monoisotopic (exact) mass is 516 g/mol. The Kier molecular flexibility index (Phi) is 8.02. The van der Waals surface area contributed by atoms with Crippen molar-refractivity contribution in [3.63, 3.8) is 0 Å². The molecule has 0 heterocycles. The van der Waals surface area contributed by atoms with Gasteiger partial charge in [0.05, 0.1) is 6.42 Å². The van der Waals surface area contributed by atoms with E-state index < -0.39 is 5.97 Å². The Bertz CT molecular complexity index is 913. The maximum Gasteiger partial charge on any atom is 0.303 e. The first kappa shape index (κ1) is 30.4. The van der Waals surface area contributed by atoms with Crippen molar-refractivity contribution >= 4 is 17.5 Å². The van der Waals surface area contributed by atoms with Crippen LogP contribution in [0.15, 0.2) is 0 Å². The maximum absolute atomic E-state index is 13.0. The summed E-state index contributed by atoms with van der Waals surface area (Å²) in [4.78, 5) is 37.7. The van der Waals surface area contributed by atoms with E-state index in [1.807, 2.05) is 0 Å². The molecule has 0 bridgehead atoms. The second-order valence-electron chi connectivity index (χ2n) is 16.2. The first-order valence-electron chi connectivity index (χ1n) is 15.0. The number of ketones is 2. The smallest absolute Gasteiger partial charge is 0.303 e. The van der Waals surface area contributed by atoms with Gasteiger partial charge in [-0.1, -0.05) is 62.3 Å². The molecular formula is C33H56O4. The van der Waals surface area contributed by atoms with Crippen molar-refractivity contribution in [3.05, 3.63) is 0 Å². The molecule has 0 aliphatic heterocycles. The maximum atomic E-state index is 13.0. The second-order valence-corrected chi connectivity index (χ2v) is 16.2. The quantitative estimate of drug-likeness (QED) is 0.351. The van der Waals surface area contributed by atoms with Gasteiger partial charge in [-0.15, -0.1) is 0 Å². The molecule has 4 heteroatoms. The van der Waals surface area contributed by atoms with Crippen LogP contribution >= 0.6 is 0 Å². The summed E-state index contributed by atoms with van der Waals surface area (Å²) in [5, 5.41) is 9.92. The van der Waals surface area contributed by atoms with E-state index in [0.29, 0.717) is 30.5 Å². The molecule has 212 valence electrons. The summed E-state index contributed by atoms with van der Waals surface area (Å²) >= 11 is 0. The summed E-state index contributed by atoms with van der Waals surface area (Å²) in [5.41, 5.74) is -0.385. The Morgan fingerprint density at radius 2 is 1.62 bits per heavy atom. The van der Waals surface area contributed by atoms with Crippen molar-refractivity contribution < 1.29 is 19.5 Å². The van der Waals surface area contributed by atoms with E-state index in [1.165, 1.54) is 0 Å². The summed E-state index contributed by atoms with van der Waals surface area (Å²) < 4.78 is 0. The van der Waals surface area contributed by atoms with E-state index in [-0.39, 0.29) is 50.6 Å². The SMILES string of the molecule is CC(=O)C[C@@H]1[C@@]2(C)CCC(=O)C(C)(C)[C@@H]2CC[C@@]1(C)C(C)(C)CC[C@@]1(CC(=O)O)CCC(C)(C)CC1C. The first-order chi connectivity index (χ1) is 16.7. The fraction of sp³-hybridized carbons (Fsp3) is 0.909. The van der Waals surface area contributed by atoms with Gasteiger partial charge in [0.15, 0.2) is 0 Å². The van der Waals surface area contributed by atoms with Crippen LogP contribution in [0.2, 0.25) is 0 Å². The van der Waals surface area contributed by atoms with E-state index in [9.17, 15) is 19.5 Å². The molecule has 3 rings (SSSR count). The van der Waals surface area contributed by atoms with Gasteiger partial charge in [0.25, 0.3) is 0 Å². The Morgan fingerprint density at radius 3 is 2.16 bits per heavy atom. The molecule has 3 aliphatic carbocycles. The van der Waals surface area contributed by atoms with Crippen LogP contribution in [0, 0.1) is 50.2 Å². The molecule has 0 amide bonds. The van der Waals surface area contributed by atoms with Gasteiger partial charge in [0, 0.05) is 18.3 Å². The molecule has 0 saturated heterocycles. The van der Waals surface area contributed by atoms with Crippen molar-refractivity contribution in [3.8, 4) is 0 Å². The van der Waals surface area contributed by atoms with Gasteiger partial charge in [-0.05, 0) is 103 Å². The number of carboxylic acid groups (broad SMARTS) is 1. The fourth-order valence-corrected chi connectivity index (χ4v) is 9.76. The van der Waals surface area contributed by atoms with Crippen molar-refractivity contribution in [1.29, 1.82) is 0 Å². The van der Waals surface area contributed by atoms with Crippen LogP contribution in [0.25, 0.3) is 0 Å². The minimum atomic E-state index is -0.674. The number of hydrogen-bond acceptors (Lipinski definition) is 3. The van der Waals surface area contributed by atoms with Crippen LogP contribution in [0.1, 0.15) is 140 Å². The van der Waals surface area contributed by atoms with Crippen LogP contribution in [-0.2, 0) is 14.4 Å². The number of aliphatic carboxylic acids is 1. The van der Waals surface area contributed by atoms with E-state index in [1.54, 1.807) is 6.92 Å². The molecule has 0 radical (unpaired) electrons. The fourth-order valence-electron chi connectivity index (χ4n) is 9.76. The molecule has 4 nitrogen and oxygen atoms in total. The van der Waals surface area contributed by atoms with Crippen LogP contribution < -0.4 is 0 Å². The molecule has 3 aliphatic rings. The summed E-state index contributed by atoms with van der Waals surface area (Å²) in [7, 11) is 0. The average Bonchev–Trinajstić information content (AvgIpc) is 2.74. The summed E-state index contributed by atoms with van der Waals surface area (Å²) in [6.07, 6.45) is 9.39. The largest absolute Gasteiger partial charge is 0.481 e. The summed E-state index contributed by atoms with van der Waals surface area (Å²) in [5.74, 6) is 0.845. The number of Topliss-reactive ketones (excluding diaryl/α,β-unsaturated/α-hetero) is 2. The molecule has 37 heavy (non-hydrogen) atoms. The number of hydrogen-bond donors (Lipinski definition) is 1. The zero-order valence-corrected chi connectivity index (χ0v) is 25.7. The lowest BCUT2D eigenvalue weighted by atomic mass is 9.38. The Labute approximate surface area is 227 Å². The molecule has 3 fully saturated rings. The highest BCUT2D eigenvalue weighted by molar-refractivity contribution is 5.85. The number of carboxylic acids is 1. The van der Waals surface area contributed by atoms with Crippen molar-refractivity contribution in [1.82, 2.24) is 0 Å². The van der Waals surface area contributed by atoms with E-state index >= 15 is 0 Å². The zero-order valence-electron chi connectivity index (χ0n) is 25.7. The third-order valence-electron chi connectivity index (χ3n) is 12.8. The predicted molar refractivity (Wildman–Crippen MR) is 150 cm³/mol. The van der Waals surface area contributed by atoms with Crippen LogP contribution in [0.5, 0.6) is 0 Å². The van der Waals surface area contributed by atoms with Crippen LogP contribution in [0.4, 0.5) is 0 Å². The molecule has 3 saturated carbocycles. The minimum Gasteiger partial charge on any atom is -0.481 e. The minimum absolute atomic E-state index is 0.0474. The number of carbonyl (C=O) groups is 3. The Balaban J connectivity index is 1.95. The lowest BCUT2D eigenvalue weighted by Crippen LogP contribution is -2.60. The predicted octanol–water partition coefficient (Wildman–Crippen LogP) is 8.51. The third kappa shape index (κ3) is 5.33. The van der Waals surface area contributed by atoms with E-state index in [0.717, 1.165) is 51.4 Å². The second kappa shape index (κ2) is 9.77. The topological polar surface area (TPSA) is 71.4 Å². The molecule has 1 N–H and O–H groups in total. The van der Waals surface area contributed by atoms with Crippen molar-refractivity contribution in [2.75, 3.05) is 0 Å². The summed E-state index contributed by atoms with van der Waals surface area (Å²) in [6, 6.07) is 0. The van der Waals surface area contributed by atoms with Gasteiger partial charge >= 0.3 is 5.97 Å². The molecule has 1 unspecified atom stereocenters. The highest BCUT2D eigenvalue weighted by Gasteiger charge is 2.63. The molecule has 6 atom stereocenters. The van der Waals surface area contributed by atoms with Crippen LogP contribution in [-0.4, -0.2) is 22.6 Å². The number of fused-ring (bicyclic) bond motifs is 1. The molecular weight excluding hydrogens is 460 g/mol. The molecule has 0 aromatic rings. The number of rotatable bonds is 8. The van der Waals surface area contributed by atoms with Crippen molar-refractivity contribution in [2.45, 2.75) is 140 Å². The highest BCUT2D eigenvalue weighted by Crippen LogP contribution is 2.69. The van der Waals surface area contributed by atoms with Gasteiger partial charge in [0.1, 0.15) is 11.6 Å². The van der Waals surface area contributed by atoms with Gasteiger partial charge < -0.3 is 9.90 Å². The Hall–Kier alpha value is -1.19. The van der Waals surface area contributed by atoms with E-state index in [2.05, 4.69) is 62.3 Å². The lowest BCUT2D eigenvalue weighted by Gasteiger charge is -2.65. The third-order valence-corrected chi connectivity index (χ3v) is 12.8. The van der Waals surface area contributed by atoms with Gasteiger partial charge in [-0.25, -0.2) is 0 Å². The zero-order chi connectivity index (χ0) is 28.2. The first-order valence-corrected chi connectivity index (χ1v) is 15.0. The molecule has 0 aromatic heterocycles. The van der Waals surface area contributed by atoms with Gasteiger partial charge in [0.2, 0.25) is 0 Å². The van der Waals surface area contributed by atoms with Gasteiger partial charge in [-0.2, -0.15) is 0 Å². The van der Waals surface area contributed by atoms with Crippen LogP contribution in [0.3, 0.4) is 0 Å². The molecule has 0 spiro atoms. The molecule has 0 aromatic carbocycles. The van der Waals surface area contributed by atoms with Crippen molar-refractivity contribution in [2.24, 2.45) is 50.2 Å². The summed E-state index contributed by atoms with van der Waals surface area (Å²) in [6.45, 7) is 22.5. The normalized spacial score (nSPS) is 39.6. The van der Waals surface area contributed by atoms with E-state index in [4.69, 9.17) is 0 Å². The number of carbonyl (C=O) groups excluding carboxylic acids is 2. The lowest BCUT2D eigenvalue weighted by molar-refractivity contribution is -0.180. The van der Waals surface area contributed by atoms with Gasteiger partial charge in [-0.3, -0.25) is 9.59 Å². The average molecular weight is 517 g/mol.